The number of piperazine rings is 1. The molecule has 2 aromatic rings. The van der Waals surface area contributed by atoms with Gasteiger partial charge in [0.15, 0.2) is 0 Å². The Balaban J connectivity index is 1.94. The lowest BCUT2D eigenvalue weighted by Crippen LogP contribution is -2.49. The van der Waals surface area contributed by atoms with Crippen LogP contribution in [0.2, 0.25) is 10.0 Å². The maximum Gasteiger partial charge on any atom is 0.316 e. The molecule has 1 saturated heterocycles. The van der Waals surface area contributed by atoms with Gasteiger partial charge in [0.2, 0.25) is 0 Å². The highest BCUT2D eigenvalue weighted by Gasteiger charge is 2.30. The molecule has 1 aliphatic heterocycles. The second-order valence-corrected chi connectivity index (χ2v) is 6.63. The lowest BCUT2D eigenvalue weighted by molar-refractivity contribution is 0.208. The predicted molar refractivity (Wildman–Crippen MR) is 95.8 cm³/mol. The molecule has 0 saturated carbocycles. The monoisotopic (exact) mass is 368 g/mol. The van der Waals surface area contributed by atoms with Gasteiger partial charge in [-0.3, -0.25) is 4.79 Å². The molecule has 1 fully saturated rings. The first-order valence-corrected chi connectivity index (χ1v) is 8.40. The minimum atomic E-state index is -0.417. The smallest absolute Gasteiger partial charge is 0.316 e. The number of halogens is 3. The van der Waals surface area contributed by atoms with Crippen LogP contribution in [0.5, 0.6) is 0 Å². The Hall–Kier alpha value is -1.42. The molecule has 0 spiro atoms. The fourth-order valence-electron chi connectivity index (χ4n) is 2.85. The molecular weight excluding hydrogens is 355 g/mol. The zero-order valence-electron chi connectivity index (χ0n) is 12.3. The molecule has 1 heterocycles. The van der Waals surface area contributed by atoms with E-state index >= 15 is 0 Å². The first-order chi connectivity index (χ1) is 11.0. The first kappa shape index (κ1) is 16.4. The fraction of sp³-hybridized carbons (Fsp3) is 0.235. The van der Waals surface area contributed by atoms with E-state index in [-0.39, 0.29) is 6.04 Å². The van der Waals surface area contributed by atoms with Crippen molar-refractivity contribution in [1.29, 1.82) is 0 Å². The fourth-order valence-corrected chi connectivity index (χ4v) is 3.26. The number of rotatable bonds is 2. The molecule has 120 valence electrons. The summed E-state index contributed by atoms with van der Waals surface area (Å²) in [6, 6.07) is 15.4. The van der Waals surface area contributed by atoms with E-state index in [1.807, 2.05) is 48.5 Å². The van der Waals surface area contributed by atoms with Crippen molar-refractivity contribution in [3.8, 4) is 0 Å². The van der Waals surface area contributed by atoms with E-state index in [9.17, 15) is 4.79 Å². The van der Waals surface area contributed by atoms with Gasteiger partial charge in [0.1, 0.15) is 0 Å². The van der Waals surface area contributed by atoms with E-state index in [0.29, 0.717) is 29.7 Å². The van der Waals surface area contributed by atoms with Crippen LogP contribution in [-0.2, 0) is 0 Å². The maximum atomic E-state index is 11.6. The van der Waals surface area contributed by atoms with Crippen molar-refractivity contribution >= 4 is 45.9 Å². The summed E-state index contributed by atoms with van der Waals surface area (Å²) in [4.78, 5) is 15.5. The molecule has 0 aliphatic carbocycles. The van der Waals surface area contributed by atoms with Gasteiger partial charge >= 0.3 is 5.37 Å². The van der Waals surface area contributed by atoms with Gasteiger partial charge in [0, 0.05) is 35.4 Å². The largest absolute Gasteiger partial charge is 0.361 e. The quantitative estimate of drug-likeness (QED) is 0.535. The molecule has 1 atom stereocenters. The van der Waals surface area contributed by atoms with Crippen molar-refractivity contribution in [3.05, 3.63) is 64.1 Å². The van der Waals surface area contributed by atoms with Gasteiger partial charge < -0.3 is 9.80 Å². The van der Waals surface area contributed by atoms with E-state index in [1.165, 1.54) is 0 Å². The van der Waals surface area contributed by atoms with Crippen molar-refractivity contribution < 1.29 is 4.79 Å². The highest BCUT2D eigenvalue weighted by Crippen LogP contribution is 2.32. The van der Waals surface area contributed by atoms with Gasteiger partial charge in [-0.1, -0.05) is 35.3 Å². The molecule has 3 nitrogen and oxygen atoms in total. The summed E-state index contributed by atoms with van der Waals surface area (Å²) in [5, 5.41) is 0.971. The Labute approximate surface area is 150 Å². The summed E-state index contributed by atoms with van der Waals surface area (Å²) in [6.07, 6.45) is 0. The average Bonchev–Trinajstić information content (AvgIpc) is 2.56. The molecule has 2 aromatic carbocycles. The summed E-state index contributed by atoms with van der Waals surface area (Å²) in [5.74, 6) is 0. The van der Waals surface area contributed by atoms with E-state index < -0.39 is 5.37 Å². The van der Waals surface area contributed by atoms with Crippen LogP contribution < -0.4 is 4.90 Å². The lowest BCUT2D eigenvalue weighted by atomic mass is 10.0. The van der Waals surface area contributed by atoms with Crippen LogP contribution in [0.3, 0.4) is 0 Å². The van der Waals surface area contributed by atoms with Crippen LogP contribution in [0.4, 0.5) is 10.5 Å². The number of anilines is 1. The van der Waals surface area contributed by atoms with Crippen LogP contribution in [0.15, 0.2) is 48.5 Å². The minimum Gasteiger partial charge on any atom is -0.361 e. The van der Waals surface area contributed by atoms with Crippen molar-refractivity contribution in [2.24, 2.45) is 0 Å². The summed E-state index contributed by atoms with van der Waals surface area (Å²) in [5.41, 5.74) is 2.16. The molecule has 6 heteroatoms. The Kier molecular flexibility index (Phi) is 5.00. The molecule has 3 rings (SSSR count). The van der Waals surface area contributed by atoms with Crippen molar-refractivity contribution in [2.45, 2.75) is 6.04 Å². The van der Waals surface area contributed by atoms with E-state index in [2.05, 4.69) is 4.90 Å². The molecule has 0 aromatic heterocycles. The summed E-state index contributed by atoms with van der Waals surface area (Å²) >= 11 is 17.6. The molecule has 0 radical (unpaired) electrons. The Morgan fingerprint density at radius 3 is 2.04 bits per heavy atom. The molecule has 0 bridgehead atoms. The van der Waals surface area contributed by atoms with Gasteiger partial charge in [0.05, 0.1) is 6.04 Å². The zero-order chi connectivity index (χ0) is 16.4. The van der Waals surface area contributed by atoms with Gasteiger partial charge in [-0.25, -0.2) is 0 Å². The van der Waals surface area contributed by atoms with Crippen LogP contribution in [0.25, 0.3) is 0 Å². The molecule has 0 N–H and O–H groups in total. The maximum absolute atomic E-state index is 11.6. The summed E-state index contributed by atoms with van der Waals surface area (Å²) in [6.45, 7) is 1.83. The third kappa shape index (κ3) is 3.74. The second-order valence-electron chi connectivity index (χ2n) is 5.44. The molecule has 1 aliphatic rings. The SMILES string of the molecule is O=C(Cl)N1CCN(c2ccc(Cl)cc2)C(c2ccc(Cl)cc2)C1. The third-order valence-corrected chi connectivity index (χ3v) is 4.79. The van der Waals surface area contributed by atoms with Crippen molar-refractivity contribution in [2.75, 3.05) is 24.5 Å². The highest BCUT2D eigenvalue weighted by atomic mass is 35.5. The average molecular weight is 370 g/mol. The molecule has 1 amide bonds. The standard InChI is InChI=1S/C17H15Cl3N2O/c18-13-3-1-12(2-4-13)16-11-21(17(20)23)9-10-22(16)15-7-5-14(19)6-8-15/h1-8,16H,9-11H2. The zero-order valence-corrected chi connectivity index (χ0v) is 14.5. The molecule has 1 unspecified atom stereocenters. The molecular formula is C17H15Cl3N2O. The minimum absolute atomic E-state index is 0.0184. The normalized spacial score (nSPS) is 18.1. The molecule has 23 heavy (non-hydrogen) atoms. The van der Waals surface area contributed by atoms with Crippen LogP contribution in [-0.4, -0.2) is 29.9 Å². The lowest BCUT2D eigenvalue weighted by Gasteiger charge is -2.42. The Morgan fingerprint density at radius 2 is 1.48 bits per heavy atom. The van der Waals surface area contributed by atoms with E-state index in [1.54, 1.807) is 4.90 Å². The van der Waals surface area contributed by atoms with Gasteiger partial charge in [-0.2, -0.15) is 0 Å². The van der Waals surface area contributed by atoms with Crippen molar-refractivity contribution in [3.63, 3.8) is 0 Å². The number of benzene rings is 2. The number of amides is 1. The second kappa shape index (κ2) is 7.00. The Bertz CT molecular complexity index is 688. The number of nitrogens with zero attached hydrogens (tertiary/aromatic N) is 2. The van der Waals surface area contributed by atoms with Gasteiger partial charge in [-0.15, -0.1) is 0 Å². The van der Waals surface area contributed by atoms with Crippen LogP contribution >= 0.6 is 34.8 Å². The number of carbonyl (C=O) groups excluding carboxylic acids is 1. The van der Waals surface area contributed by atoms with E-state index in [4.69, 9.17) is 34.8 Å². The topological polar surface area (TPSA) is 23.6 Å². The van der Waals surface area contributed by atoms with Gasteiger partial charge in [-0.05, 0) is 53.6 Å². The Morgan fingerprint density at radius 1 is 0.913 bits per heavy atom. The first-order valence-electron chi connectivity index (χ1n) is 7.26. The number of carbonyl (C=O) groups is 1. The van der Waals surface area contributed by atoms with Crippen LogP contribution in [0, 0.1) is 0 Å². The number of hydrogen-bond donors (Lipinski definition) is 0. The van der Waals surface area contributed by atoms with Crippen molar-refractivity contribution in [1.82, 2.24) is 4.90 Å². The predicted octanol–water partition coefficient (Wildman–Crippen LogP) is 5.22. The summed E-state index contributed by atoms with van der Waals surface area (Å²) < 4.78 is 0. The third-order valence-electron chi connectivity index (χ3n) is 4.04. The van der Waals surface area contributed by atoms with Gasteiger partial charge in [0.25, 0.3) is 0 Å². The van der Waals surface area contributed by atoms with E-state index in [0.717, 1.165) is 11.3 Å². The van der Waals surface area contributed by atoms with Crippen LogP contribution in [0.1, 0.15) is 11.6 Å². The summed E-state index contributed by atoms with van der Waals surface area (Å²) in [7, 11) is 0. The number of hydrogen-bond acceptors (Lipinski definition) is 2. The highest BCUT2D eigenvalue weighted by molar-refractivity contribution is 6.62.